The molecule has 0 aromatic carbocycles. The summed E-state index contributed by atoms with van der Waals surface area (Å²) in [7, 11) is 0. The lowest BCUT2D eigenvalue weighted by Gasteiger charge is -2.42. The highest BCUT2D eigenvalue weighted by Gasteiger charge is 2.37. The Morgan fingerprint density at radius 2 is 2.04 bits per heavy atom. The number of amides is 1. The van der Waals surface area contributed by atoms with Gasteiger partial charge in [0.25, 0.3) is 0 Å². The fourth-order valence-corrected chi connectivity index (χ4v) is 2.94. The minimum absolute atomic E-state index is 0.201. The monoisotopic (exact) mass is 325 g/mol. The van der Waals surface area contributed by atoms with Gasteiger partial charge in [-0.2, -0.15) is 0 Å². The van der Waals surface area contributed by atoms with Gasteiger partial charge in [-0.15, -0.1) is 6.58 Å². The van der Waals surface area contributed by atoms with Gasteiger partial charge in [0.1, 0.15) is 5.60 Å². The summed E-state index contributed by atoms with van der Waals surface area (Å²) in [4.78, 5) is 14.1. The van der Waals surface area contributed by atoms with E-state index >= 15 is 0 Å². The van der Waals surface area contributed by atoms with Crippen LogP contribution < -0.4 is 0 Å². The molecule has 134 valence electrons. The largest absolute Gasteiger partial charge is 0.444 e. The molecule has 0 radical (unpaired) electrons. The molecule has 4 nitrogen and oxygen atoms in total. The van der Waals surface area contributed by atoms with Crippen molar-refractivity contribution in [3.63, 3.8) is 0 Å². The van der Waals surface area contributed by atoms with Crippen LogP contribution in [-0.2, 0) is 9.47 Å². The number of likely N-dealkylation sites (tertiary alicyclic amines) is 1. The molecule has 0 saturated carbocycles. The van der Waals surface area contributed by atoms with Crippen molar-refractivity contribution in [1.29, 1.82) is 0 Å². The minimum atomic E-state index is -0.449. The molecule has 1 rings (SSSR count). The van der Waals surface area contributed by atoms with E-state index in [1.54, 1.807) is 0 Å². The number of carbonyl (C=O) groups is 1. The predicted molar refractivity (Wildman–Crippen MR) is 94.7 cm³/mol. The van der Waals surface area contributed by atoms with Crippen molar-refractivity contribution < 1.29 is 14.3 Å². The zero-order valence-corrected chi connectivity index (χ0v) is 15.5. The SMILES string of the molecule is C=CCCCCCOC1(CC)CCCN(C(=O)OC(C)(C)C)C1. The third kappa shape index (κ3) is 7.38. The molecule has 1 fully saturated rings. The van der Waals surface area contributed by atoms with Crippen LogP contribution in [-0.4, -0.2) is 41.9 Å². The highest BCUT2D eigenvalue weighted by Crippen LogP contribution is 2.29. The second-order valence-corrected chi connectivity index (χ2v) is 7.53. The lowest BCUT2D eigenvalue weighted by atomic mass is 9.90. The van der Waals surface area contributed by atoms with Crippen molar-refractivity contribution in [2.24, 2.45) is 0 Å². The summed E-state index contributed by atoms with van der Waals surface area (Å²) >= 11 is 0. The van der Waals surface area contributed by atoms with Crippen molar-refractivity contribution in [2.45, 2.75) is 83.8 Å². The molecule has 0 bridgehead atoms. The number of rotatable bonds is 8. The first-order chi connectivity index (χ1) is 10.8. The molecule has 4 heteroatoms. The Morgan fingerprint density at radius 3 is 2.65 bits per heavy atom. The van der Waals surface area contributed by atoms with E-state index in [-0.39, 0.29) is 11.7 Å². The number of piperidine rings is 1. The Labute approximate surface area is 142 Å². The maximum atomic E-state index is 12.3. The van der Waals surface area contributed by atoms with Gasteiger partial charge >= 0.3 is 6.09 Å². The van der Waals surface area contributed by atoms with Gasteiger partial charge in [0, 0.05) is 13.2 Å². The number of hydrogen-bond donors (Lipinski definition) is 0. The summed E-state index contributed by atoms with van der Waals surface area (Å²) in [5, 5.41) is 0. The van der Waals surface area contributed by atoms with Crippen molar-refractivity contribution in [2.75, 3.05) is 19.7 Å². The molecule has 0 aliphatic carbocycles. The van der Waals surface area contributed by atoms with E-state index in [2.05, 4.69) is 13.5 Å². The molecule has 1 amide bonds. The first-order valence-corrected chi connectivity index (χ1v) is 9.05. The molecule has 0 spiro atoms. The summed E-state index contributed by atoms with van der Waals surface area (Å²) in [6.45, 7) is 13.8. The first kappa shape index (κ1) is 20.0. The molecule has 1 unspecified atom stereocenters. The van der Waals surface area contributed by atoms with E-state index < -0.39 is 5.60 Å². The van der Waals surface area contributed by atoms with Crippen molar-refractivity contribution in [3.05, 3.63) is 12.7 Å². The molecule has 1 aliphatic rings. The third-order valence-corrected chi connectivity index (χ3v) is 4.30. The molecule has 0 aromatic heterocycles. The molecule has 1 saturated heterocycles. The molecular formula is C19H35NO3. The zero-order chi connectivity index (χ0) is 17.3. The number of nitrogens with zero attached hydrogens (tertiary/aromatic N) is 1. The van der Waals surface area contributed by atoms with E-state index in [4.69, 9.17) is 9.47 Å². The van der Waals surface area contributed by atoms with E-state index in [9.17, 15) is 4.79 Å². The van der Waals surface area contributed by atoms with Crippen LogP contribution in [0.3, 0.4) is 0 Å². The zero-order valence-electron chi connectivity index (χ0n) is 15.5. The van der Waals surface area contributed by atoms with Gasteiger partial charge in [0.05, 0.1) is 12.1 Å². The molecule has 23 heavy (non-hydrogen) atoms. The fraction of sp³-hybridized carbons (Fsp3) is 0.842. The summed E-state index contributed by atoms with van der Waals surface area (Å²) in [5.74, 6) is 0. The second kappa shape index (κ2) is 9.31. The maximum absolute atomic E-state index is 12.3. The Balaban J connectivity index is 2.47. The van der Waals surface area contributed by atoms with Crippen molar-refractivity contribution in [1.82, 2.24) is 4.90 Å². The van der Waals surface area contributed by atoms with Gasteiger partial charge in [-0.1, -0.05) is 19.4 Å². The molecule has 1 heterocycles. The van der Waals surface area contributed by atoms with Crippen LogP contribution in [0.15, 0.2) is 12.7 Å². The second-order valence-electron chi connectivity index (χ2n) is 7.53. The van der Waals surface area contributed by atoms with Gasteiger partial charge in [-0.3, -0.25) is 0 Å². The average molecular weight is 325 g/mol. The average Bonchev–Trinajstić information content (AvgIpc) is 2.49. The highest BCUT2D eigenvalue weighted by atomic mass is 16.6. The van der Waals surface area contributed by atoms with E-state index in [1.807, 2.05) is 31.7 Å². The predicted octanol–water partition coefficient (Wildman–Crippen LogP) is 4.93. The Hall–Kier alpha value is -1.03. The van der Waals surface area contributed by atoms with Gasteiger partial charge in [-0.05, 0) is 59.3 Å². The van der Waals surface area contributed by atoms with E-state index in [0.717, 1.165) is 45.3 Å². The molecule has 1 atom stereocenters. The lowest BCUT2D eigenvalue weighted by molar-refractivity contribution is -0.0941. The Kier molecular flexibility index (Phi) is 8.10. The van der Waals surface area contributed by atoms with Crippen LogP contribution in [0.4, 0.5) is 4.79 Å². The number of hydrogen-bond acceptors (Lipinski definition) is 3. The maximum Gasteiger partial charge on any atom is 0.410 e. The van der Waals surface area contributed by atoms with Gasteiger partial charge in [-0.25, -0.2) is 4.79 Å². The van der Waals surface area contributed by atoms with Crippen molar-refractivity contribution in [3.8, 4) is 0 Å². The van der Waals surface area contributed by atoms with Crippen LogP contribution >= 0.6 is 0 Å². The standard InChI is InChI=1S/C19H35NO3/c1-6-8-9-10-11-15-22-19(7-2)13-12-14-20(16-19)17(21)23-18(3,4)5/h6H,1,7-16H2,2-5H3. The smallest absolute Gasteiger partial charge is 0.410 e. The number of carbonyl (C=O) groups excluding carboxylic acids is 1. The number of ether oxygens (including phenoxy) is 2. The van der Waals surface area contributed by atoms with Crippen LogP contribution in [0.2, 0.25) is 0 Å². The highest BCUT2D eigenvalue weighted by molar-refractivity contribution is 5.68. The van der Waals surface area contributed by atoms with Gasteiger partial charge in [0.15, 0.2) is 0 Å². The van der Waals surface area contributed by atoms with Gasteiger partial charge in [0.2, 0.25) is 0 Å². The van der Waals surface area contributed by atoms with Crippen molar-refractivity contribution >= 4 is 6.09 Å². The van der Waals surface area contributed by atoms with Crippen LogP contribution in [0.1, 0.15) is 72.6 Å². The lowest BCUT2D eigenvalue weighted by Crippen LogP contribution is -2.52. The summed E-state index contributed by atoms with van der Waals surface area (Å²) in [6, 6.07) is 0. The minimum Gasteiger partial charge on any atom is -0.444 e. The summed E-state index contributed by atoms with van der Waals surface area (Å²) in [6.07, 6.45) is 9.17. The summed E-state index contributed by atoms with van der Waals surface area (Å²) < 4.78 is 11.7. The van der Waals surface area contributed by atoms with Crippen LogP contribution in [0.25, 0.3) is 0 Å². The quantitative estimate of drug-likeness (QED) is 0.469. The molecule has 1 aliphatic heterocycles. The van der Waals surface area contributed by atoms with Crippen LogP contribution in [0, 0.1) is 0 Å². The summed E-state index contributed by atoms with van der Waals surface area (Å²) in [5.41, 5.74) is -0.650. The van der Waals surface area contributed by atoms with Crippen LogP contribution in [0.5, 0.6) is 0 Å². The Bertz CT molecular complexity index is 375. The number of allylic oxidation sites excluding steroid dienone is 1. The van der Waals surface area contributed by atoms with E-state index in [0.29, 0.717) is 6.54 Å². The van der Waals surface area contributed by atoms with Gasteiger partial charge < -0.3 is 14.4 Å². The third-order valence-electron chi connectivity index (χ3n) is 4.30. The Morgan fingerprint density at radius 1 is 1.30 bits per heavy atom. The number of unbranched alkanes of at least 4 members (excludes halogenated alkanes) is 3. The molecule has 0 aromatic rings. The normalized spacial score (nSPS) is 22.0. The topological polar surface area (TPSA) is 38.8 Å². The van der Waals surface area contributed by atoms with E-state index in [1.165, 1.54) is 12.8 Å². The molecule has 0 N–H and O–H groups in total. The first-order valence-electron chi connectivity index (χ1n) is 9.05. The molecular weight excluding hydrogens is 290 g/mol. The fourth-order valence-electron chi connectivity index (χ4n) is 2.94.